The molecule has 0 radical (unpaired) electrons. The summed E-state index contributed by atoms with van der Waals surface area (Å²) in [5.74, 6) is -1.09. The van der Waals surface area contributed by atoms with Crippen LogP contribution in [0.4, 0.5) is 0 Å². The quantitative estimate of drug-likeness (QED) is 0.822. The van der Waals surface area contributed by atoms with Crippen LogP contribution in [0.2, 0.25) is 0 Å². The van der Waals surface area contributed by atoms with Crippen molar-refractivity contribution in [3.63, 3.8) is 0 Å². The van der Waals surface area contributed by atoms with E-state index in [1.165, 1.54) is 0 Å². The lowest BCUT2D eigenvalue weighted by Gasteiger charge is -2.43. The number of ether oxygens (including phenoxy) is 1. The van der Waals surface area contributed by atoms with Crippen molar-refractivity contribution < 1.29 is 14.6 Å². The Balaban J connectivity index is 2.05. The molecule has 0 amide bonds. The Morgan fingerprint density at radius 2 is 2.21 bits per heavy atom. The topological polar surface area (TPSA) is 53.0 Å². The average Bonchev–Trinajstić information content (AvgIpc) is 2.84. The largest absolute Gasteiger partial charge is 0.481 e. The molecule has 0 aliphatic carbocycles. The van der Waals surface area contributed by atoms with Gasteiger partial charge >= 0.3 is 5.97 Å². The molecular weight excluding hydrogens is 244 g/mol. The lowest BCUT2D eigenvalue weighted by Crippen LogP contribution is -2.53. The first-order valence-corrected chi connectivity index (χ1v) is 7.31. The van der Waals surface area contributed by atoms with Crippen LogP contribution in [-0.2, 0) is 9.53 Å². The van der Waals surface area contributed by atoms with Crippen LogP contribution in [0.5, 0.6) is 0 Å². The van der Waals surface area contributed by atoms with Crippen LogP contribution in [0.1, 0.15) is 26.7 Å². The summed E-state index contributed by atoms with van der Waals surface area (Å²) in [7, 11) is 2.16. The van der Waals surface area contributed by atoms with Crippen LogP contribution in [-0.4, -0.2) is 72.4 Å². The van der Waals surface area contributed by atoms with Gasteiger partial charge in [-0.15, -0.1) is 0 Å². The van der Waals surface area contributed by atoms with Crippen molar-refractivity contribution in [2.24, 2.45) is 5.92 Å². The summed E-state index contributed by atoms with van der Waals surface area (Å²) in [6, 6.07) is 1.10. The zero-order valence-corrected chi connectivity index (χ0v) is 12.2. The highest BCUT2D eigenvalue weighted by Gasteiger charge is 2.41. The van der Waals surface area contributed by atoms with Crippen molar-refractivity contribution in [2.45, 2.75) is 44.8 Å². The molecule has 1 N–H and O–H groups in total. The number of carboxylic acids is 1. The molecule has 0 saturated carbocycles. The molecule has 110 valence electrons. The van der Waals surface area contributed by atoms with Crippen molar-refractivity contribution in [1.29, 1.82) is 0 Å². The molecule has 0 spiro atoms. The lowest BCUT2D eigenvalue weighted by atomic mass is 9.93. The third-order valence-corrected chi connectivity index (χ3v) is 4.81. The molecule has 19 heavy (non-hydrogen) atoms. The second kappa shape index (κ2) is 6.20. The predicted molar refractivity (Wildman–Crippen MR) is 73.2 cm³/mol. The van der Waals surface area contributed by atoms with Gasteiger partial charge in [-0.05, 0) is 39.9 Å². The third-order valence-electron chi connectivity index (χ3n) is 4.81. The SMILES string of the molecule is CCN(C1CCN(C)C(C)C1)C1COCC1C(=O)O. The zero-order valence-electron chi connectivity index (χ0n) is 12.2. The molecule has 5 nitrogen and oxygen atoms in total. The van der Waals surface area contributed by atoms with E-state index >= 15 is 0 Å². The average molecular weight is 270 g/mol. The number of carboxylic acid groups (broad SMARTS) is 1. The fourth-order valence-corrected chi connectivity index (χ4v) is 3.44. The molecule has 2 rings (SSSR count). The van der Waals surface area contributed by atoms with Gasteiger partial charge in [-0.1, -0.05) is 6.92 Å². The van der Waals surface area contributed by atoms with Crippen molar-refractivity contribution in [1.82, 2.24) is 9.80 Å². The maximum Gasteiger partial charge on any atom is 0.310 e. The van der Waals surface area contributed by atoms with E-state index in [-0.39, 0.29) is 12.0 Å². The molecule has 0 aromatic carbocycles. The molecular formula is C14H26N2O3. The predicted octanol–water partition coefficient (Wildman–Crippen LogP) is 0.891. The van der Waals surface area contributed by atoms with Gasteiger partial charge in [-0.3, -0.25) is 9.69 Å². The van der Waals surface area contributed by atoms with E-state index in [9.17, 15) is 9.90 Å². The Hall–Kier alpha value is -0.650. The zero-order chi connectivity index (χ0) is 14.0. The van der Waals surface area contributed by atoms with Crippen molar-refractivity contribution >= 4 is 5.97 Å². The first-order valence-electron chi connectivity index (χ1n) is 7.31. The summed E-state index contributed by atoms with van der Waals surface area (Å²) in [4.78, 5) is 16.1. The fraction of sp³-hybridized carbons (Fsp3) is 0.929. The number of likely N-dealkylation sites (tertiary alicyclic amines) is 1. The van der Waals surface area contributed by atoms with Crippen molar-refractivity contribution in [3.05, 3.63) is 0 Å². The van der Waals surface area contributed by atoms with E-state index < -0.39 is 5.97 Å². The number of carbonyl (C=O) groups is 1. The number of rotatable bonds is 4. The highest BCUT2D eigenvalue weighted by atomic mass is 16.5. The monoisotopic (exact) mass is 270 g/mol. The molecule has 0 aromatic rings. The molecule has 2 aliphatic rings. The highest BCUT2D eigenvalue weighted by Crippen LogP contribution is 2.27. The van der Waals surface area contributed by atoms with Crippen molar-refractivity contribution in [2.75, 3.05) is 33.4 Å². The molecule has 0 bridgehead atoms. The number of hydrogen-bond donors (Lipinski definition) is 1. The molecule has 2 saturated heterocycles. The summed E-state index contributed by atoms with van der Waals surface area (Å²) >= 11 is 0. The summed E-state index contributed by atoms with van der Waals surface area (Å²) in [6.45, 7) is 7.29. The molecule has 0 aromatic heterocycles. The number of aliphatic carboxylic acids is 1. The first kappa shape index (κ1) is 14.8. The minimum atomic E-state index is -0.720. The van der Waals surface area contributed by atoms with Gasteiger partial charge in [-0.2, -0.15) is 0 Å². The maximum atomic E-state index is 11.3. The molecule has 2 heterocycles. The molecule has 2 aliphatic heterocycles. The van der Waals surface area contributed by atoms with E-state index in [1.807, 2.05) is 0 Å². The van der Waals surface area contributed by atoms with Gasteiger partial charge in [-0.25, -0.2) is 0 Å². The minimum absolute atomic E-state index is 0.0445. The molecule has 4 unspecified atom stereocenters. The van der Waals surface area contributed by atoms with Gasteiger partial charge in [0.2, 0.25) is 0 Å². The Bertz CT molecular complexity index is 324. The third kappa shape index (κ3) is 3.09. The number of piperidine rings is 1. The van der Waals surface area contributed by atoms with E-state index in [4.69, 9.17) is 4.74 Å². The van der Waals surface area contributed by atoms with E-state index in [1.54, 1.807) is 0 Å². The number of nitrogens with zero attached hydrogens (tertiary/aromatic N) is 2. The Morgan fingerprint density at radius 1 is 1.47 bits per heavy atom. The van der Waals surface area contributed by atoms with Gasteiger partial charge in [0.25, 0.3) is 0 Å². The molecule has 4 atom stereocenters. The molecule has 5 heteroatoms. The Morgan fingerprint density at radius 3 is 2.79 bits per heavy atom. The van der Waals surface area contributed by atoms with Crippen LogP contribution >= 0.6 is 0 Å². The van der Waals surface area contributed by atoms with E-state index in [0.29, 0.717) is 25.3 Å². The second-order valence-electron chi connectivity index (χ2n) is 5.89. The summed E-state index contributed by atoms with van der Waals surface area (Å²) in [5.41, 5.74) is 0. The van der Waals surface area contributed by atoms with Crippen LogP contribution in [0.25, 0.3) is 0 Å². The smallest absolute Gasteiger partial charge is 0.310 e. The van der Waals surface area contributed by atoms with Crippen LogP contribution in [0.3, 0.4) is 0 Å². The van der Waals surface area contributed by atoms with Gasteiger partial charge in [0.15, 0.2) is 0 Å². The first-order chi connectivity index (χ1) is 9.04. The minimum Gasteiger partial charge on any atom is -0.481 e. The van der Waals surface area contributed by atoms with Gasteiger partial charge < -0.3 is 14.7 Å². The van der Waals surface area contributed by atoms with E-state index in [0.717, 1.165) is 25.9 Å². The van der Waals surface area contributed by atoms with Gasteiger partial charge in [0, 0.05) is 18.1 Å². The fourth-order valence-electron chi connectivity index (χ4n) is 3.44. The second-order valence-corrected chi connectivity index (χ2v) is 5.89. The summed E-state index contributed by atoms with van der Waals surface area (Å²) in [5, 5.41) is 9.31. The lowest BCUT2D eigenvalue weighted by molar-refractivity contribution is -0.143. The van der Waals surface area contributed by atoms with Crippen molar-refractivity contribution in [3.8, 4) is 0 Å². The molecule has 2 fully saturated rings. The normalized spacial score (nSPS) is 36.8. The Kier molecular flexibility index (Phi) is 4.81. The van der Waals surface area contributed by atoms with Gasteiger partial charge in [0.1, 0.15) is 0 Å². The Labute approximate surface area is 115 Å². The highest BCUT2D eigenvalue weighted by molar-refractivity contribution is 5.71. The van der Waals surface area contributed by atoms with Crippen LogP contribution in [0, 0.1) is 5.92 Å². The van der Waals surface area contributed by atoms with Gasteiger partial charge in [0.05, 0.1) is 19.1 Å². The maximum absolute atomic E-state index is 11.3. The standard InChI is InChI=1S/C14H26N2O3/c1-4-16(11-5-6-15(3)10(2)7-11)13-9-19-8-12(13)14(17)18/h10-13H,4-9H2,1-3H3,(H,17,18). The van der Waals surface area contributed by atoms with E-state index in [2.05, 4.69) is 30.7 Å². The number of hydrogen-bond acceptors (Lipinski definition) is 4. The number of likely N-dealkylation sites (N-methyl/N-ethyl adjacent to an activating group) is 1. The summed E-state index contributed by atoms with van der Waals surface area (Å²) in [6.07, 6.45) is 2.24. The van der Waals surface area contributed by atoms with Crippen LogP contribution < -0.4 is 0 Å². The van der Waals surface area contributed by atoms with Crippen LogP contribution in [0.15, 0.2) is 0 Å². The summed E-state index contributed by atoms with van der Waals surface area (Å²) < 4.78 is 5.42.